The van der Waals surface area contributed by atoms with Crippen LogP contribution in [0.25, 0.3) is 0 Å². The van der Waals surface area contributed by atoms with Gasteiger partial charge in [0.1, 0.15) is 11.9 Å². The van der Waals surface area contributed by atoms with Crippen LogP contribution in [0.3, 0.4) is 0 Å². The average Bonchev–Trinajstić information content (AvgIpc) is 3.50. The molecule has 2 aromatic carbocycles. The van der Waals surface area contributed by atoms with Crippen molar-refractivity contribution in [1.82, 2.24) is 4.90 Å². The first-order valence-corrected chi connectivity index (χ1v) is 11.2. The molecule has 1 saturated heterocycles. The first kappa shape index (κ1) is 21.5. The molecule has 0 bridgehead atoms. The average molecular weight is 425 g/mol. The first-order valence-electron chi connectivity index (χ1n) is 11.2. The molecule has 164 valence electrons. The highest BCUT2D eigenvalue weighted by molar-refractivity contribution is 5.98. The first-order chi connectivity index (χ1) is 15.1. The van der Waals surface area contributed by atoms with Crippen molar-refractivity contribution >= 4 is 17.5 Å². The van der Waals surface area contributed by atoms with Crippen molar-refractivity contribution in [1.29, 1.82) is 0 Å². The van der Waals surface area contributed by atoms with Crippen molar-refractivity contribution < 1.29 is 18.7 Å². The van der Waals surface area contributed by atoms with Crippen molar-refractivity contribution in [3.05, 3.63) is 65.5 Å². The van der Waals surface area contributed by atoms with Crippen LogP contribution in [0.1, 0.15) is 54.4 Å². The van der Waals surface area contributed by atoms with Crippen LogP contribution >= 0.6 is 0 Å². The molecule has 31 heavy (non-hydrogen) atoms. The number of amides is 2. The Kier molecular flexibility index (Phi) is 6.97. The summed E-state index contributed by atoms with van der Waals surface area (Å²) < 4.78 is 18.6. The van der Waals surface area contributed by atoms with Gasteiger partial charge >= 0.3 is 0 Å². The van der Waals surface area contributed by atoms with Gasteiger partial charge in [-0.2, -0.15) is 0 Å². The van der Waals surface area contributed by atoms with Crippen molar-refractivity contribution in [3.8, 4) is 0 Å². The molecule has 4 rings (SSSR count). The van der Waals surface area contributed by atoms with Gasteiger partial charge < -0.3 is 15.0 Å². The zero-order valence-corrected chi connectivity index (χ0v) is 17.7. The van der Waals surface area contributed by atoms with E-state index in [0.717, 1.165) is 44.1 Å². The van der Waals surface area contributed by atoms with Gasteiger partial charge in [-0.3, -0.25) is 9.59 Å². The molecule has 0 spiro atoms. The Morgan fingerprint density at radius 2 is 1.81 bits per heavy atom. The minimum atomic E-state index is -0.412. The maximum Gasteiger partial charge on any atom is 0.254 e. The van der Waals surface area contributed by atoms with Gasteiger partial charge in [-0.05, 0) is 68.0 Å². The van der Waals surface area contributed by atoms with Crippen LogP contribution < -0.4 is 5.32 Å². The summed E-state index contributed by atoms with van der Waals surface area (Å²) in [4.78, 5) is 27.7. The van der Waals surface area contributed by atoms with Gasteiger partial charge in [-0.15, -0.1) is 0 Å². The number of rotatable bonds is 7. The second kappa shape index (κ2) is 10.1. The third-order valence-electron chi connectivity index (χ3n) is 6.18. The largest absolute Gasteiger partial charge is 0.368 e. The minimum absolute atomic E-state index is 0.0257. The smallest absolute Gasteiger partial charge is 0.254 e. The van der Waals surface area contributed by atoms with E-state index in [9.17, 15) is 14.0 Å². The second-order valence-electron chi connectivity index (χ2n) is 8.39. The van der Waals surface area contributed by atoms with Crippen LogP contribution in [0, 0.1) is 5.82 Å². The molecule has 6 heteroatoms. The van der Waals surface area contributed by atoms with Crippen LogP contribution in [-0.2, 0) is 16.0 Å². The summed E-state index contributed by atoms with van der Waals surface area (Å²) in [5.41, 5.74) is 2.18. The summed E-state index contributed by atoms with van der Waals surface area (Å²) in [5, 5.41) is 2.88. The number of ether oxygens (including phenoxy) is 1. The highest BCUT2D eigenvalue weighted by Gasteiger charge is 2.28. The molecule has 1 aliphatic heterocycles. The summed E-state index contributed by atoms with van der Waals surface area (Å²) in [6.07, 6.45) is 6.15. The zero-order valence-electron chi connectivity index (χ0n) is 17.7. The van der Waals surface area contributed by atoms with Gasteiger partial charge in [0.2, 0.25) is 0 Å². The molecule has 2 fully saturated rings. The van der Waals surface area contributed by atoms with Crippen molar-refractivity contribution in [2.24, 2.45) is 0 Å². The van der Waals surface area contributed by atoms with E-state index < -0.39 is 6.10 Å². The van der Waals surface area contributed by atoms with Crippen molar-refractivity contribution in [2.45, 2.75) is 57.1 Å². The number of halogens is 1. The van der Waals surface area contributed by atoms with E-state index in [0.29, 0.717) is 30.8 Å². The summed E-state index contributed by atoms with van der Waals surface area (Å²) in [5.74, 6) is -0.442. The normalized spacial score (nSPS) is 18.8. The fourth-order valence-corrected chi connectivity index (χ4v) is 4.47. The lowest BCUT2D eigenvalue weighted by Crippen LogP contribution is -2.40. The molecule has 0 radical (unpaired) electrons. The fourth-order valence-electron chi connectivity index (χ4n) is 4.47. The molecule has 5 nitrogen and oxygen atoms in total. The van der Waals surface area contributed by atoms with Gasteiger partial charge in [0.05, 0.1) is 0 Å². The van der Waals surface area contributed by atoms with E-state index in [-0.39, 0.29) is 23.7 Å². The van der Waals surface area contributed by atoms with E-state index in [1.54, 1.807) is 36.4 Å². The topological polar surface area (TPSA) is 58.6 Å². The fraction of sp³-hybridized carbons (Fsp3) is 0.440. The highest BCUT2D eigenvalue weighted by atomic mass is 19.1. The number of hydrogen-bond acceptors (Lipinski definition) is 3. The number of carbonyl (C=O) groups is 2. The Bertz CT molecular complexity index is 903. The van der Waals surface area contributed by atoms with E-state index in [2.05, 4.69) is 5.32 Å². The molecule has 1 unspecified atom stereocenters. The Morgan fingerprint density at radius 1 is 1.03 bits per heavy atom. The molecule has 1 N–H and O–H groups in total. The molecular formula is C25H29FN2O3. The summed E-state index contributed by atoms with van der Waals surface area (Å²) >= 11 is 0. The quantitative estimate of drug-likeness (QED) is 0.708. The lowest BCUT2D eigenvalue weighted by Gasteiger charge is -2.29. The Hall–Kier alpha value is -2.73. The molecule has 1 atom stereocenters. The molecule has 1 saturated carbocycles. The zero-order chi connectivity index (χ0) is 21.6. The van der Waals surface area contributed by atoms with E-state index >= 15 is 0 Å². The van der Waals surface area contributed by atoms with Crippen LogP contribution in [0.5, 0.6) is 0 Å². The Labute approximate surface area is 182 Å². The van der Waals surface area contributed by atoms with Crippen LogP contribution in [0.15, 0.2) is 48.5 Å². The van der Waals surface area contributed by atoms with E-state index in [1.165, 1.54) is 12.1 Å². The number of nitrogens with zero attached hydrogens (tertiary/aromatic N) is 1. The van der Waals surface area contributed by atoms with Gasteiger partial charge in [-0.1, -0.05) is 31.0 Å². The second-order valence-corrected chi connectivity index (χ2v) is 8.39. The number of benzene rings is 2. The lowest BCUT2D eigenvalue weighted by atomic mass is 10.1. The minimum Gasteiger partial charge on any atom is -0.368 e. The number of hydrogen-bond donors (Lipinski definition) is 1. The molecule has 0 aromatic heterocycles. The van der Waals surface area contributed by atoms with Crippen LogP contribution in [-0.4, -0.2) is 42.0 Å². The SMILES string of the molecule is O=C(Nc1cccc(C(=O)N(CCc2ccc(F)cc2)C2CCCC2)c1)C1CCCO1. The van der Waals surface area contributed by atoms with Crippen LogP contribution in [0.2, 0.25) is 0 Å². The Balaban J connectivity index is 1.46. The van der Waals surface area contributed by atoms with Crippen molar-refractivity contribution in [2.75, 3.05) is 18.5 Å². The van der Waals surface area contributed by atoms with E-state index in [4.69, 9.17) is 4.74 Å². The van der Waals surface area contributed by atoms with Gasteiger partial charge in [0, 0.05) is 30.4 Å². The predicted octanol–water partition coefficient (Wildman–Crippen LogP) is 4.57. The Morgan fingerprint density at radius 3 is 2.52 bits per heavy atom. The third-order valence-corrected chi connectivity index (χ3v) is 6.18. The third kappa shape index (κ3) is 5.50. The molecule has 2 amide bonds. The lowest BCUT2D eigenvalue weighted by molar-refractivity contribution is -0.124. The van der Waals surface area contributed by atoms with Crippen molar-refractivity contribution in [3.63, 3.8) is 0 Å². The summed E-state index contributed by atoms with van der Waals surface area (Å²) in [6.45, 7) is 1.20. The maximum absolute atomic E-state index is 13.4. The molecule has 1 aliphatic carbocycles. The summed E-state index contributed by atoms with van der Waals surface area (Å²) in [6, 6.07) is 13.8. The summed E-state index contributed by atoms with van der Waals surface area (Å²) in [7, 11) is 0. The monoisotopic (exact) mass is 424 g/mol. The number of anilines is 1. The predicted molar refractivity (Wildman–Crippen MR) is 117 cm³/mol. The molecular weight excluding hydrogens is 395 g/mol. The standard InChI is InChI=1S/C25H29FN2O3/c26-20-12-10-18(11-13-20)14-15-28(22-7-1-2-8-22)25(30)19-5-3-6-21(17-19)27-24(29)23-9-4-16-31-23/h3,5-6,10-13,17,22-23H,1-2,4,7-9,14-16H2,(H,27,29). The van der Waals surface area contributed by atoms with Crippen LogP contribution in [0.4, 0.5) is 10.1 Å². The molecule has 1 heterocycles. The number of nitrogens with one attached hydrogen (secondary N) is 1. The van der Waals surface area contributed by atoms with Gasteiger partial charge in [-0.25, -0.2) is 4.39 Å². The molecule has 2 aliphatic rings. The van der Waals surface area contributed by atoms with Gasteiger partial charge in [0.15, 0.2) is 0 Å². The maximum atomic E-state index is 13.4. The molecule has 2 aromatic rings. The number of carbonyl (C=O) groups excluding carboxylic acids is 2. The van der Waals surface area contributed by atoms with E-state index in [1.807, 2.05) is 4.90 Å². The highest BCUT2D eigenvalue weighted by Crippen LogP contribution is 2.26. The van der Waals surface area contributed by atoms with Gasteiger partial charge in [0.25, 0.3) is 11.8 Å².